The van der Waals surface area contributed by atoms with E-state index >= 15 is 0 Å². The number of carbonyl (C=O) groups excluding carboxylic acids is 1. The number of benzene rings is 1. The van der Waals surface area contributed by atoms with E-state index in [-0.39, 0.29) is 12.2 Å². The van der Waals surface area contributed by atoms with Gasteiger partial charge in [0, 0.05) is 35.6 Å². The van der Waals surface area contributed by atoms with Crippen molar-refractivity contribution in [1.82, 2.24) is 4.57 Å². The summed E-state index contributed by atoms with van der Waals surface area (Å²) in [4.78, 5) is 12.3. The second-order valence-electron chi connectivity index (χ2n) is 5.81. The first kappa shape index (κ1) is 19.8. The topological polar surface area (TPSA) is 64.2 Å². The van der Waals surface area contributed by atoms with Crippen molar-refractivity contribution in [2.75, 3.05) is 13.7 Å². The first-order chi connectivity index (χ1) is 12.5. The summed E-state index contributed by atoms with van der Waals surface area (Å²) in [5.41, 5.74) is 3.45. The van der Waals surface area contributed by atoms with Crippen LogP contribution in [-0.4, -0.2) is 24.3 Å². The van der Waals surface area contributed by atoms with E-state index in [1.807, 2.05) is 32.0 Å². The maximum absolute atomic E-state index is 12.3. The van der Waals surface area contributed by atoms with Gasteiger partial charge >= 0.3 is 5.97 Å². The van der Waals surface area contributed by atoms with Crippen LogP contribution in [0.4, 0.5) is 0 Å². The number of rotatable bonds is 7. The van der Waals surface area contributed by atoms with E-state index in [0.29, 0.717) is 23.7 Å². The summed E-state index contributed by atoms with van der Waals surface area (Å²) in [5.74, 6) is -0.672. The van der Waals surface area contributed by atoms with Crippen LogP contribution in [0.15, 0.2) is 35.9 Å². The smallest absolute Gasteiger partial charge is 0.349 e. The van der Waals surface area contributed by atoms with Crippen molar-refractivity contribution in [2.45, 2.75) is 27.0 Å². The quantitative estimate of drug-likeness (QED) is 0.417. The number of carbonyl (C=O) groups is 1. The van der Waals surface area contributed by atoms with E-state index < -0.39 is 5.97 Å². The number of aromatic nitrogens is 1. The summed E-state index contributed by atoms with van der Waals surface area (Å²) in [5, 5.41) is 9.86. The predicted molar refractivity (Wildman–Crippen MR) is 101 cm³/mol. The van der Waals surface area contributed by atoms with Crippen LogP contribution >= 0.6 is 11.6 Å². The number of halogens is 1. The van der Waals surface area contributed by atoms with Crippen molar-refractivity contribution in [3.8, 4) is 6.07 Å². The van der Waals surface area contributed by atoms with E-state index in [4.69, 9.17) is 21.1 Å². The third-order valence-electron chi connectivity index (χ3n) is 4.09. The second-order valence-corrected chi connectivity index (χ2v) is 6.22. The number of nitrogens with zero attached hydrogens (tertiary/aromatic N) is 2. The monoisotopic (exact) mass is 372 g/mol. The fraction of sp³-hybridized carbons (Fsp3) is 0.300. The third-order valence-corrected chi connectivity index (χ3v) is 4.46. The van der Waals surface area contributed by atoms with Crippen LogP contribution in [0.2, 0.25) is 5.02 Å². The molecule has 0 fully saturated rings. The molecule has 0 N–H and O–H groups in total. The number of esters is 1. The number of methoxy groups -OCH3 is 1. The second kappa shape index (κ2) is 9.23. The highest BCUT2D eigenvalue weighted by Gasteiger charge is 2.14. The molecular formula is C20H21ClN2O3. The van der Waals surface area contributed by atoms with Crippen molar-refractivity contribution in [1.29, 1.82) is 5.26 Å². The molecule has 1 aromatic heterocycles. The van der Waals surface area contributed by atoms with Crippen LogP contribution in [0.25, 0.3) is 6.08 Å². The maximum Gasteiger partial charge on any atom is 0.349 e. The Hall–Kier alpha value is -2.55. The van der Waals surface area contributed by atoms with Crippen molar-refractivity contribution >= 4 is 23.6 Å². The molecule has 1 aromatic carbocycles. The number of aryl methyl sites for hydroxylation is 1. The fourth-order valence-corrected chi connectivity index (χ4v) is 2.82. The first-order valence-electron chi connectivity index (χ1n) is 8.16. The summed E-state index contributed by atoms with van der Waals surface area (Å²) >= 11 is 6.05. The molecule has 6 heteroatoms. The molecule has 5 nitrogen and oxygen atoms in total. The number of nitriles is 1. The minimum atomic E-state index is -0.672. The summed E-state index contributed by atoms with van der Waals surface area (Å²) < 4.78 is 12.4. The lowest BCUT2D eigenvalue weighted by Gasteiger charge is -2.08. The molecule has 0 bridgehead atoms. The standard InChI is InChI=1S/C20H21ClN2O3/c1-14-10-17(15(2)23(14)8-9-25-3)11-18(12-22)20(24)26-13-16-6-4-5-7-19(16)21/h4-7,10-11H,8-9,13H2,1-3H3/b18-11+. The van der Waals surface area contributed by atoms with Crippen molar-refractivity contribution < 1.29 is 14.3 Å². The first-order valence-corrected chi connectivity index (χ1v) is 8.53. The summed E-state index contributed by atoms with van der Waals surface area (Å²) in [7, 11) is 1.65. The Morgan fingerprint density at radius 1 is 1.35 bits per heavy atom. The van der Waals surface area contributed by atoms with Gasteiger partial charge < -0.3 is 14.0 Å². The lowest BCUT2D eigenvalue weighted by molar-refractivity contribution is -0.139. The third kappa shape index (κ3) is 4.75. The lowest BCUT2D eigenvalue weighted by Crippen LogP contribution is -2.08. The molecule has 0 saturated carbocycles. The van der Waals surface area contributed by atoms with Gasteiger partial charge in [0.1, 0.15) is 18.2 Å². The van der Waals surface area contributed by atoms with Gasteiger partial charge in [-0.15, -0.1) is 0 Å². The molecule has 0 aliphatic heterocycles. The van der Waals surface area contributed by atoms with Gasteiger partial charge in [0.2, 0.25) is 0 Å². The number of hydrogen-bond donors (Lipinski definition) is 0. The van der Waals surface area contributed by atoms with Gasteiger partial charge in [-0.2, -0.15) is 5.26 Å². The molecule has 136 valence electrons. The van der Waals surface area contributed by atoms with E-state index in [0.717, 1.165) is 17.0 Å². The van der Waals surface area contributed by atoms with Crippen LogP contribution in [0, 0.1) is 25.2 Å². The SMILES string of the molecule is COCCn1c(C)cc(/C=C(\C#N)C(=O)OCc2ccccc2Cl)c1C. The summed E-state index contributed by atoms with van der Waals surface area (Å²) in [6.45, 7) is 5.23. The molecule has 26 heavy (non-hydrogen) atoms. The minimum absolute atomic E-state index is 0.0182. The van der Waals surface area contributed by atoms with Crippen LogP contribution in [-0.2, 0) is 27.4 Å². The molecule has 0 unspecified atom stereocenters. The van der Waals surface area contributed by atoms with Gasteiger partial charge in [-0.3, -0.25) is 0 Å². The van der Waals surface area contributed by atoms with Crippen molar-refractivity contribution in [3.63, 3.8) is 0 Å². The number of ether oxygens (including phenoxy) is 2. The molecule has 0 aliphatic carbocycles. The predicted octanol–water partition coefficient (Wildman–Crippen LogP) is 4.06. The molecule has 0 aliphatic rings. The largest absolute Gasteiger partial charge is 0.457 e. The van der Waals surface area contributed by atoms with Gasteiger partial charge in [0.15, 0.2) is 0 Å². The van der Waals surface area contributed by atoms with Gasteiger partial charge in [0.25, 0.3) is 0 Å². The Morgan fingerprint density at radius 3 is 2.73 bits per heavy atom. The zero-order valence-electron chi connectivity index (χ0n) is 15.1. The highest BCUT2D eigenvalue weighted by atomic mass is 35.5. The summed E-state index contributed by atoms with van der Waals surface area (Å²) in [6.07, 6.45) is 1.56. The van der Waals surface area contributed by atoms with Crippen LogP contribution in [0.1, 0.15) is 22.5 Å². The van der Waals surface area contributed by atoms with Gasteiger partial charge in [-0.05, 0) is 37.6 Å². The molecule has 0 spiro atoms. The van der Waals surface area contributed by atoms with Crippen LogP contribution in [0.5, 0.6) is 0 Å². The zero-order chi connectivity index (χ0) is 19.1. The normalized spacial score (nSPS) is 11.3. The molecule has 0 radical (unpaired) electrons. The molecule has 0 saturated heterocycles. The zero-order valence-corrected chi connectivity index (χ0v) is 15.8. The van der Waals surface area contributed by atoms with E-state index in [2.05, 4.69) is 4.57 Å². The van der Waals surface area contributed by atoms with E-state index in [1.165, 1.54) is 0 Å². The van der Waals surface area contributed by atoms with Gasteiger partial charge in [0.05, 0.1) is 6.61 Å². The Labute approximate surface area is 158 Å². The molecule has 1 heterocycles. The number of hydrogen-bond acceptors (Lipinski definition) is 4. The minimum Gasteiger partial charge on any atom is -0.457 e. The van der Waals surface area contributed by atoms with Gasteiger partial charge in [-0.25, -0.2) is 4.79 Å². The highest BCUT2D eigenvalue weighted by molar-refractivity contribution is 6.31. The highest BCUT2D eigenvalue weighted by Crippen LogP contribution is 2.20. The van der Waals surface area contributed by atoms with E-state index in [9.17, 15) is 10.1 Å². The van der Waals surface area contributed by atoms with Crippen molar-refractivity contribution in [2.24, 2.45) is 0 Å². The Morgan fingerprint density at radius 2 is 2.08 bits per heavy atom. The Kier molecular flexibility index (Phi) is 7.02. The van der Waals surface area contributed by atoms with Crippen molar-refractivity contribution in [3.05, 3.63) is 63.4 Å². The molecule has 2 aromatic rings. The molecule has 2 rings (SSSR count). The lowest BCUT2D eigenvalue weighted by atomic mass is 10.1. The van der Waals surface area contributed by atoms with Crippen LogP contribution < -0.4 is 0 Å². The maximum atomic E-state index is 12.3. The summed E-state index contributed by atoms with van der Waals surface area (Å²) in [6, 6.07) is 11.0. The molecular weight excluding hydrogens is 352 g/mol. The van der Waals surface area contributed by atoms with Gasteiger partial charge in [-0.1, -0.05) is 29.8 Å². The fourth-order valence-electron chi connectivity index (χ4n) is 2.63. The van der Waals surface area contributed by atoms with Crippen LogP contribution in [0.3, 0.4) is 0 Å². The average molecular weight is 373 g/mol. The Balaban J connectivity index is 2.16. The average Bonchev–Trinajstić information content (AvgIpc) is 2.90. The van der Waals surface area contributed by atoms with E-state index in [1.54, 1.807) is 31.4 Å². The molecule has 0 atom stereocenters. The Bertz CT molecular complexity index is 862. The molecule has 0 amide bonds.